The molecule has 0 unspecified atom stereocenters. The van der Waals surface area contributed by atoms with Crippen LogP contribution in [0.15, 0.2) is 42.6 Å². The standard InChI is InChI=1S/C20H21FN4O2/c1-20(2)10-16(13-9-12(21)7-8-18(13)27-20)24-19(26)23-15-5-4-6-17-14(15)11-22-25(17)3/h4-9,11,16H,10H2,1-3H3,(H2,23,24,26)/t16-/m1/s1. The van der Waals surface area contributed by atoms with Gasteiger partial charge in [0.25, 0.3) is 0 Å². The second-order valence-corrected chi connectivity index (χ2v) is 7.41. The zero-order chi connectivity index (χ0) is 19.2. The number of fused-ring (bicyclic) bond motifs is 2. The van der Waals surface area contributed by atoms with Gasteiger partial charge in [-0.05, 0) is 44.2 Å². The Labute approximate surface area is 156 Å². The summed E-state index contributed by atoms with van der Waals surface area (Å²) in [6.45, 7) is 3.89. The van der Waals surface area contributed by atoms with Gasteiger partial charge in [-0.1, -0.05) is 6.07 Å². The van der Waals surface area contributed by atoms with Crippen LogP contribution in [0.25, 0.3) is 10.9 Å². The molecule has 0 aliphatic carbocycles. The number of hydrogen-bond acceptors (Lipinski definition) is 3. The quantitative estimate of drug-likeness (QED) is 0.714. The summed E-state index contributed by atoms with van der Waals surface area (Å²) in [6, 6.07) is 9.29. The third kappa shape index (κ3) is 3.32. The molecule has 0 saturated heterocycles. The van der Waals surface area contributed by atoms with Gasteiger partial charge in [0.2, 0.25) is 0 Å². The molecule has 27 heavy (non-hydrogen) atoms. The number of urea groups is 1. The van der Waals surface area contributed by atoms with E-state index in [2.05, 4.69) is 15.7 Å². The topological polar surface area (TPSA) is 68.2 Å². The first-order valence-corrected chi connectivity index (χ1v) is 8.79. The molecule has 1 aromatic heterocycles. The average molecular weight is 368 g/mol. The summed E-state index contributed by atoms with van der Waals surface area (Å²) in [7, 11) is 1.85. The number of nitrogens with zero attached hydrogens (tertiary/aromatic N) is 2. The number of carbonyl (C=O) groups is 1. The van der Waals surface area contributed by atoms with Gasteiger partial charge in [-0.3, -0.25) is 4.68 Å². The van der Waals surface area contributed by atoms with Crippen molar-refractivity contribution >= 4 is 22.6 Å². The monoisotopic (exact) mass is 368 g/mol. The van der Waals surface area contributed by atoms with Crippen LogP contribution >= 0.6 is 0 Å². The van der Waals surface area contributed by atoms with Crippen molar-refractivity contribution in [2.24, 2.45) is 7.05 Å². The predicted octanol–water partition coefficient (Wildman–Crippen LogP) is 4.14. The molecule has 2 N–H and O–H groups in total. The second kappa shape index (κ2) is 6.26. The molecule has 0 radical (unpaired) electrons. The van der Waals surface area contributed by atoms with E-state index in [9.17, 15) is 9.18 Å². The number of benzene rings is 2. The molecular weight excluding hydrogens is 347 g/mol. The highest BCUT2D eigenvalue weighted by Crippen LogP contribution is 2.39. The van der Waals surface area contributed by atoms with E-state index >= 15 is 0 Å². The van der Waals surface area contributed by atoms with Crippen molar-refractivity contribution in [3.05, 3.63) is 54.0 Å². The van der Waals surface area contributed by atoms with Crippen LogP contribution in [0.1, 0.15) is 31.9 Å². The summed E-state index contributed by atoms with van der Waals surface area (Å²) in [5.41, 5.74) is 1.77. The van der Waals surface area contributed by atoms with Crippen LogP contribution in [0.2, 0.25) is 0 Å². The molecule has 1 atom stereocenters. The minimum Gasteiger partial charge on any atom is -0.487 e. The summed E-state index contributed by atoms with van der Waals surface area (Å²) in [5.74, 6) is 0.233. The number of carbonyl (C=O) groups excluding carboxylic acids is 1. The molecule has 140 valence electrons. The van der Waals surface area contributed by atoms with E-state index in [1.165, 1.54) is 12.1 Å². The van der Waals surface area contributed by atoms with E-state index < -0.39 is 5.60 Å². The molecule has 6 nitrogen and oxygen atoms in total. The number of anilines is 1. The van der Waals surface area contributed by atoms with Crippen LogP contribution in [0.3, 0.4) is 0 Å². The van der Waals surface area contributed by atoms with Gasteiger partial charge >= 0.3 is 6.03 Å². The first-order chi connectivity index (χ1) is 12.8. The van der Waals surface area contributed by atoms with Gasteiger partial charge in [0.05, 0.1) is 23.4 Å². The molecule has 1 aliphatic rings. The Kier molecular flexibility index (Phi) is 4.02. The minimum absolute atomic E-state index is 0.354. The number of hydrogen-bond donors (Lipinski definition) is 2. The van der Waals surface area contributed by atoms with E-state index in [4.69, 9.17) is 4.74 Å². The van der Waals surface area contributed by atoms with Crippen molar-refractivity contribution in [1.29, 1.82) is 0 Å². The highest BCUT2D eigenvalue weighted by Gasteiger charge is 2.34. The molecule has 0 spiro atoms. The lowest BCUT2D eigenvalue weighted by Gasteiger charge is -2.37. The second-order valence-electron chi connectivity index (χ2n) is 7.41. The lowest BCUT2D eigenvalue weighted by Crippen LogP contribution is -2.42. The molecule has 4 rings (SSSR count). The van der Waals surface area contributed by atoms with E-state index in [0.29, 0.717) is 23.4 Å². The van der Waals surface area contributed by atoms with Gasteiger partial charge in [0.15, 0.2) is 0 Å². The number of amides is 2. The van der Waals surface area contributed by atoms with Crippen molar-refractivity contribution < 1.29 is 13.9 Å². The van der Waals surface area contributed by atoms with Gasteiger partial charge in [-0.15, -0.1) is 0 Å². The number of rotatable bonds is 2. The first-order valence-electron chi connectivity index (χ1n) is 8.79. The van der Waals surface area contributed by atoms with Crippen LogP contribution in [-0.2, 0) is 7.05 Å². The Morgan fingerprint density at radius 1 is 1.33 bits per heavy atom. The van der Waals surface area contributed by atoms with E-state index in [1.54, 1.807) is 16.9 Å². The van der Waals surface area contributed by atoms with Crippen LogP contribution in [0.5, 0.6) is 5.75 Å². The maximum atomic E-state index is 13.7. The Hall–Kier alpha value is -3.09. The third-order valence-corrected chi connectivity index (χ3v) is 4.77. The van der Waals surface area contributed by atoms with Crippen molar-refractivity contribution in [3.63, 3.8) is 0 Å². The highest BCUT2D eigenvalue weighted by molar-refractivity contribution is 6.00. The molecular formula is C20H21FN4O2. The fourth-order valence-electron chi connectivity index (χ4n) is 3.56. The Balaban J connectivity index is 1.58. The smallest absolute Gasteiger partial charge is 0.319 e. The molecule has 0 saturated carbocycles. The van der Waals surface area contributed by atoms with Crippen LogP contribution in [0.4, 0.5) is 14.9 Å². The van der Waals surface area contributed by atoms with Gasteiger partial charge in [0.1, 0.15) is 17.2 Å². The average Bonchev–Trinajstić information content (AvgIpc) is 2.97. The predicted molar refractivity (Wildman–Crippen MR) is 101 cm³/mol. The van der Waals surface area contributed by atoms with Crippen molar-refractivity contribution in [1.82, 2.24) is 15.1 Å². The van der Waals surface area contributed by atoms with E-state index in [1.807, 2.05) is 39.1 Å². The molecule has 3 aromatic rings. The van der Waals surface area contributed by atoms with Gasteiger partial charge in [-0.2, -0.15) is 5.10 Å². The molecule has 7 heteroatoms. The Morgan fingerprint density at radius 3 is 2.96 bits per heavy atom. The van der Waals surface area contributed by atoms with Gasteiger partial charge < -0.3 is 15.4 Å². The largest absolute Gasteiger partial charge is 0.487 e. The molecule has 2 aromatic carbocycles. The van der Waals surface area contributed by atoms with Gasteiger partial charge in [-0.25, -0.2) is 9.18 Å². The molecule has 0 fully saturated rings. The lowest BCUT2D eigenvalue weighted by molar-refractivity contribution is 0.0680. The van der Waals surface area contributed by atoms with Gasteiger partial charge in [0, 0.05) is 24.4 Å². The fraction of sp³-hybridized carbons (Fsp3) is 0.300. The highest BCUT2D eigenvalue weighted by atomic mass is 19.1. The fourth-order valence-corrected chi connectivity index (χ4v) is 3.56. The number of halogens is 1. The summed E-state index contributed by atoms with van der Waals surface area (Å²) in [5, 5.41) is 10.9. The summed E-state index contributed by atoms with van der Waals surface area (Å²) in [4.78, 5) is 12.7. The van der Waals surface area contributed by atoms with Crippen molar-refractivity contribution in [2.75, 3.05) is 5.32 Å². The number of aromatic nitrogens is 2. The van der Waals surface area contributed by atoms with Crippen LogP contribution in [-0.4, -0.2) is 21.4 Å². The molecule has 2 heterocycles. The number of aryl methyl sites for hydroxylation is 1. The first kappa shape index (κ1) is 17.3. The van der Waals surface area contributed by atoms with E-state index in [-0.39, 0.29) is 17.9 Å². The van der Waals surface area contributed by atoms with Crippen molar-refractivity contribution in [2.45, 2.75) is 31.9 Å². The SMILES string of the molecule is Cn1ncc2c(NC(=O)N[C@@H]3CC(C)(C)Oc4ccc(F)cc43)cccc21. The zero-order valence-corrected chi connectivity index (χ0v) is 15.4. The van der Waals surface area contributed by atoms with E-state index in [0.717, 1.165) is 10.9 Å². The lowest BCUT2D eigenvalue weighted by atomic mass is 9.89. The Bertz CT molecular complexity index is 1030. The maximum Gasteiger partial charge on any atom is 0.319 e. The molecule has 2 amide bonds. The maximum absolute atomic E-state index is 13.7. The van der Waals surface area contributed by atoms with Crippen LogP contribution < -0.4 is 15.4 Å². The molecule has 1 aliphatic heterocycles. The molecule has 0 bridgehead atoms. The van der Waals surface area contributed by atoms with Crippen molar-refractivity contribution in [3.8, 4) is 5.75 Å². The normalized spacial score (nSPS) is 17.9. The Morgan fingerprint density at radius 2 is 2.15 bits per heavy atom. The zero-order valence-electron chi connectivity index (χ0n) is 15.4. The van der Waals surface area contributed by atoms with Crippen LogP contribution in [0, 0.1) is 5.82 Å². The minimum atomic E-state index is -0.466. The third-order valence-electron chi connectivity index (χ3n) is 4.77. The number of ether oxygens (including phenoxy) is 1. The summed E-state index contributed by atoms with van der Waals surface area (Å²) >= 11 is 0. The number of nitrogens with one attached hydrogen (secondary N) is 2. The summed E-state index contributed by atoms with van der Waals surface area (Å²) < 4.78 is 21.4. The summed E-state index contributed by atoms with van der Waals surface area (Å²) in [6.07, 6.45) is 2.25.